The summed E-state index contributed by atoms with van der Waals surface area (Å²) in [6, 6.07) is 13.1. The third kappa shape index (κ3) is 3.65. The van der Waals surface area contributed by atoms with Crippen LogP contribution in [0.2, 0.25) is 0 Å². The van der Waals surface area contributed by atoms with Crippen LogP contribution in [0.4, 0.5) is 10.1 Å². The maximum absolute atomic E-state index is 14.1. The lowest BCUT2D eigenvalue weighted by molar-refractivity contribution is 0.102. The number of pyridine rings is 2. The number of hydrogen-bond donors (Lipinski definition) is 2. The van der Waals surface area contributed by atoms with Gasteiger partial charge in [0.1, 0.15) is 17.0 Å². The highest BCUT2D eigenvalue weighted by molar-refractivity contribution is 7.17. The zero-order valence-corrected chi connectivity index (χ0v) is 19.0. The summed E-state index contributed by atoms with van der Waals surface area (Å²) in [5, 5.41) is 5.18. The number of rotatable bonds is 5. The SMILES string of the molecule is COc1ccc(C(=O)Nc2c[nH]c3ccc(-c4csc5c(F)cccc45)nc3c2=O)cc1OC. The summed E-state index contributed by atoms with van der Waals surface area (Å²) in [6.07, 6.45) is 1.43. The van der Waals surface area contributed by atoms with Gasteiger partial charge in [0.05, 0.1) is 30.1 Å². The van der Waals surface area contributed by atoms with E-state index >= 15 is 0 Å². The third-order valence-corrected chi connectivity index (χ3v) is 6.45. The van der Waals surface area contributed by atoms with Crippen molar-refractivity contribution in [3.8, 4) is 22.8 Å². The minimum absolute atomic E-state index is 0.0538. The van der Waals surface area contributed by atoms with Crippen LogP contribution >= 0.6 is 11.3 Å². The summed E-state index contributed by atoms with van der Waals surface area (Å²) >= 11 is 1.28. The van der Waals surface area contributed by atoms with Crippen molar-refractivity contribution in [1.82, 2.24) is 9.97 Å². The Morgan fingerprint density at radius 2 is 1.91 bits per heavy atom. The largest absolute Gasteiger partial charge is 0.493 e. The van der Waals surface area contributed by atoms with Gasteiger partial charge in [0.25, 0.3) is 5.91 Å². The summed E-state index contributed by atoms with van der Waals surface area (Å²) in [7, 11) is 2.98. The second-order valence-corrected chi connectivity index (χ2v) is 8.29. The Morgan fingerprint density at radius 1 is 1.09 bits per heavy atom. The molecule has 9 heteroatoms. The molecule has 5 rings (SSSR count). The van der Waals surface area contributed by atoms with E-state index in [0.29, 0.717) is 33.0 Å². The highest BCUT2D eigenvalue weighted by Gasteiger charge is 2.16. The molecule has 0 atom stereocenters. The fraction of sp³-hybridized carbons (Fsp3) is 0.0800. The van der Waals surface area contributed by atoms with Crippen molar-refractivity contribution in [2.24, 2.45) is 0 Å². The average Bonchev–Trinajstić information content (AvgIpc) is 3.30. The second kappa shape index (κ2) is 8.60. The lowest BCUT2D eigenvalue weighted by atomic mass is 10.1. The molecular formula is C25H18FN3O4S. The topological polar surface area (TPSA) is 93.3 Å². The first-order valence-corrected chi connectivity index (χ1v) is 11.1. The number of benzene rings is 2. The van der Waals surface area contributed by atoms with E-state index in [1.807, 2.05) is 11.4 Å². The predicted octanol–water partition coefficient (Wildman–Crippen LogP) is 5.21. The summed E-state index contributed by atoms with van der Waals surface area (Å²) < 4.78 is 25.1. The Kier molecular flexibility index (Phi) is 5.46. The van der Waals surface area contributed by atoms with Crippen LogP contribution in [-0.4, -0.2) is 30.1 Å². The van der Waals surface area contributed by atoms with E-state index in [4.69, 9.17) is 9.47 Å². The van der Waals surface area contributed by atoms with Crippen molar-refractivity contribution in [3.05, 3.63) is 81.7 Å². The molecule has 0 radical (unpaired) electrons. The van der Waals surface area contributed by atoms with Crippen LogP contribution in [0.15, 0.2) is 64.9 Å². The maximum Gasteiger partial charge on any atom is 0.255 e. The second-order valence-electron chi connectivity index (χ2n) is 7.41. The van der Waals surface area contributed by atoms with Crippen LogP contribution < -0.4 is 20.2 Å². The van der Waals surface area contributed by atoms with E-state index in [9.17, 15) is 14.0 Å². The van der Waals surface area contributed by atoms with Crippen LogP contribution in [0, 0.1) is 5.82 Å². The standard InChI is InChI=1S/C25H18FN3O4S/c1-32-20-9-6-13(10-21(20)33-2)25(31)29-19-11-27-18-8-7-17(28-22(18)23(19)30)15-12-34-24-14(15)4-3-5-16(24)26/h3-12H,1-2H3,(H,27,30)(H,29,31). The molecular weight excluding hydrogens is 457 g/mol. The van der Waals surface area contributed by atoms with Crippen LogP contribution in [0.3, 0.4) is 0 Å². The number of nitrogens with one attached hydrogen (secondary N) is 2. The maximum atomic E-state index is 14.1. The Morgan fingerprint density at radius 3 is 2.71 bits per heavy atom. The molecule has 1 amide bonds. The number of amides is 1. The Bertz CT molecular complexity index is 1630. The monoisotopic (exact) mass is 475 g/mol. The minimum atomic E-state index is -0.485. The van der Waals surface area contributed by atoms with Gasteiger partial charge >= 0.3 is 0 Å². The Labute approximate surface area is 196 Å². The summed E-state index contributed by atoms with van der Waals surface area (Å²) in [6.45, 7) is 0. The van der Waals surface area contributed by atoms with Crippen LogP contribution in [0.5, 0.6) is 11.5 Å². The van der Waals surface area contributed by atoms with Crippen molar-refractivity contribution in [1.29, 1.82) is 0 Å². The lowest BCUT2D eigenvalue weighted by Crippen LogP contribution is -2.19. The molecule has 0 unspecified atom stereocenters. The van der Waals surface area contributed by atoms with Gasteiger partial charge in [-0.05, 0) is 36.4 Å². The van der Waals surface area contributed by atoms with Crippen LogP contribution in [0.1, 0.15) is 10.4 Å². The molecule has 0 fully saturated rings. The van der Waals surface area contributed by atoms with Gasteiger partial charge in [0.15, 0.2) is 11.5 Å². The molecule has 170 valence electrons. The van der Waals surface area contributed by atoms with Gasteiger partial charge in [-0.3, -0.25) is 9.59 Å². The molecule has 7 nitrogen and oxygen atoms in total. The van der Waals surface area contributed by atoms with E-state index in [2.05, 4.69) is 15.3 Å². The molecule has 0 aliphatic carbocycles. The number of carbonyl (C=O) groups excluding carboxylic acids is 1. The van der Waals surface area contributed by atoms with Crippen molar-refractivity contribution < 1.29 is 18.7 Å². The first kappa shape index (κ1) is 21.6. The minimum Gasteiger partial charge on any atom is -0.493 e. The number of methoxy groups -OCH3 is 2. The molecule has 3 heterocycles. The Hall–Kier alpha value is -4.24. The summed E-state index contributed by atoms with van der Waals surface area (Å²) in [4.78, 5) is 33.5. The molecule has 0 saturated carbocycles. The molecule has 2 aromatic carbocycles. The smallest absolute Gasteiger partial charge is 0.255 e. The number of H-pyrrole nitrogens is 1. The average molecular weight is 476 g/mol. The van der Waals surface area contributed by atoms with E-state index in [0.717, 1.165) is 10.9 Å². The number of halogens is 1. The number of carbonyl (C=O) groups is 1. The molecule has 3 aromatic heterocycles. The van der Waals surface area contributed by atoms with Gasteiger partial charge in [0.2, 0.25) is 5.43 Å². The molecule has 2 N–H and O–H groups in total. The highest BCUT2D eigenvalue weighted by Crippen LogP contribution is 2.35. The Balaban J connectivity index is 1.52. The van der Waals surface area contributed by atoms with Crippen molar-refractivity contribution in [2.75, 3.05) is 19.5 Å². The fourth-order valence-electron chi connectivity index (χ4n) is 3.73. The molecule has 5 aromatic rings. The zero-order valence-electron chi connectivity index (χ0n) is 18.1. The predicted molar refractivity (Wildman–Crippen MR) is 131 cm³/mol. The van der Waals surface area contributed by atoms with Gasteiger partial charge in [-0.15, -0.1) is 11.3 Å². The number of anilines is 1. The van der Waals surface area contributed by atoms with Crippen LogP contribution in [0.25, 0.3) is 32.4 Å². The number of thiophene rings is 1. The lowest BCUT2D eigenvalue weighted by Gasteiger charge is -2.10. The molecule has 0 bridgehead atoms. The van der Waals surface area contributed by atoms with Crippen molar-refractivity contribution >= 4 is 44.1 Å². The third-order valence-electron chi connectivity index (χ3n) is 5.45. The van der Waals surface area contributed by atoms with E-state index in [1.54, 1.807) is 30.3 Å². The van der Waals surface area contributed by atoms with Gasteiger partial charge in [-0.2, -0.15) is 0 Å². The van der Waals surface area contributed by atoms with Gasteiger partial charge in [-0.1, -0.05) is 12.1 Å². The van der Waals surface area contributed by atoms with Gasteiger partial charge < -0.3 is 19.8 Å². The molecule has 0 spiro atoms. The molecule has 0 aliphatic heterocycles. The van der Waals surface area contributed by atoms with Crippen molar-refractivity contribution in [3.63, 3.8) is 0 Å². The number of nitrogens with zero attached hydrogens (tertiary/aromatic N) is 1. The number of aromatic amines is 1. The molecule has 0 aliphatic rings. The van der Waals surface area contributed by atoms with Gasteiger partial charge in [-0.25, -0.2) is 9.37 Å². The zero-order chi connectivity index (χ0) is 23.8. The summed E-state index contributed by atoms with van der Waals surface area (Å²) in [5.41, 5.74) is 1.87. The number of aromatic nitrogens is 2. The van der Waals surface area contributed by atoms with Gasteiger partial charge in [0, 0.05) is 28.1 Å². The summed E-state index contributed by atoms with van der Waals surface area (Å²) in [5.74, 6) is 0.0993. The first-order chi connectivity index (χ1) is 16.5. The van der Waals surface area contributed by atoms with Crippen molar-refractivity contribution in [2.45, 2.75) is 0 Å². The normalized spacial score (nSPS) is 11.0. The number of hydrogen-bond acceptors (Lipinski definition) is 6. The number of ether oxygens (including phenoxy) is 2. The highest BCUT2D eigenvalue weighted by atomic mass is 32.1. The van der Waals surface area contributed by atoms with E-state index in [-0.39, 0.29) is 17.0 Å². The van der Waals surface area contributed by atoms with E-state index in [1.165, 1.54) is 43.9 Å². The first-order valence-electron chi connectivity index (χ1n) is 10.2. The van der Waals surface area contributed by atoms with E-state index < -0.39 is 11.3 Å². The van der Waals surface area contributed by atoms with Crippen LogP contribution in [-0.2, 0) is 0 Å². The number of fused-ring (bicyclic) bond motifs is 2. The quantitative estimate of drug-likeness (QED) is 0.364. The molecule has 0 saturated heterocycles. The molecule has 34 heavy (non-hydrogen) atoms. The fourth-order valence-corrected chi connectivity index (χ4v) is 4.70.